The second-order valence-electron chi connectivity index (χ2n) is 6.46. The van der Waals surface area contributed by atoms with E-state index < -0.39 is 60.6 Å². The van der Waals surface area contributed by atoms with Gasteiger partial charge in [0, 0.05) is 18.3 Å². The Balaban J connectivity index is 2.60. The third kappa shape index (κ3) is 7.85. The molecule has 0 aliphatic heterocycles. The van der Waals surface area contributed by atoms with Crippen molar-refractivity contribution in [3.05, 3.63) is 18.2 Å². The number of nitrogens with one attached hydrogen (secondary N) is 4. The molecule has 0 spiro atoms. The summed E-state index contributed by atoms with van der Waals surface area (Å²) in [4.78, 5) is 53.7. The predicted molar refractivity (Wildman–Crippen MR) is 98.1 cm³/mol. The molecule has 162 valence electrons. The van der Waals surface area contributed by atoms with Crippen molar-refractivity contribution in [3.63, 3.8) is 0 Å². The SMILES string of the molecule is CC(O)C(NC(=O)CNC(=O)C(NC(=O)C(N)Cc1cnc[nH]1)C(C)O)C(=O)O. The number of carboxylic acid groups (broad SMARTS) is 1. The molecular weight excluding hydrogens is 388 g/mol. The monoisotopic (exact) mass is 414 g/mol. The lowest BCUT2D eigenvalue weighted by molar-refractivity contribution is -0.144. The number of carbonyl (C=O) groups excluding carboxylic acids is 3. The number of aliphatic carboxylic acids is 1. The highest BCUT2D eigenvalue weighted by Crippen LogP contribution is 1.99. The molecule has 13 nitrogen and oxygen atoms in total. The van der Waals surface area contributed by atoms with Crippen LogP contribution >= 0.6 is 0 Å². The van der Waals surface area contributed by atoms with E-state index in [1.165, 1.54) is 26.4 Å². The van der Waals surface area contributed by atoms with Gasteiger partial charge in [-0.2, -0.15) is 0 Å². The molecule has 0 radical (unpaired) electrons. The van der Waals surface area contributed by atoms with Gasteiger partial charge in [0.2, 0.25) is 17.7 Å². The third-order valence-corrected chi connectivity index (χ3v) is 3.88. The van der Waals surface area contributed by atoms with Crippen molar-refractivity contribution < 1.29 is 34.5 Å². The summed E-state index contributed by atoms with van der Waals surface area (Å²) in [5.74, 6) is -3.90. The molecule has 0 saturated heterocycles. The Kier molecular flexibility index (Phi) is 9.18. The van der Waals surface area contributed by atoms with Crippen molar-refractivity contribution >= 4 is 23.7 Å². The van der Waals surface area contributed by atoms with Gasteiger partial charge >= 0.3 is 5.97 Å². The quantitative estimate of drug-likeness (QED) is 0.178. The highest BCUT2D eigenvalue weighted by Gasteiger charge is 2.29. The van der Waals surface area contributed by atoms with Crippen molar-refractivity contribution in [2.45, 2.75) is 50.6 Å². The third-order valence-electron chi connectivity index (χ3n) is 3.88. The molecule has 29 heavy (non-hydrogen) atoms. The summed E-state index contributed by atoms with van der Waals surface area (Å²) in [6, 6.07) is -3.96. The van der Waals surface area contributed by atoms with Crippen molar-refractivity contribution in [1.29, 1.82) is 0 Å². The Bertz CT molecular complexity index is 707. The lowest BCUT2D eigenvalue weighted by Gasteiger charge is -2.23. The highest BCUT2D eigenvalue weighted by molar-refractivity contribution is 5.93. The number of aliphatic hydroxyl groups is 2. The van der Waals surface area contributed by atoms with Gasteiger partial charge in [0.1, 0.15) is 6.04 Å². The Labute approximate surface area is 166 Å². The van der Waals surface area contributed by atoms with Crippen molar-refractivity contribution in [2.75, 3.05) is 6.54 Å². The Morgan fingerprint density at radius 2 is 1.72 bits per heavy atom. The average Bonchev–Trinajstić information content (AvgIpc) is 3.13. The number of carboxylic acids is 1. The number of rotatable bonds is 11. The van der Waals surface area contributed by atoms with Crippen molar-refractivity contribution in [2.24, 2.45) is 5.73 Å². The van der Waals surface area contributed by atoms with Gasteiger partial charge in [-0.25, -0.2) is 9.78 Å². The van der Waals surface area contributed by atoms with Gasteiger partial charge in [0.25, 0.3) is 0 Å². The van der Waals surface area contributed by atoms with Gasteiger partial charge < -0.3 is 42.0 Å². The Hall–Kier alpha value is -3.03. The van der Waals surface area contributed by atoms with Crippen LogP contribution in [0.2, 0.25) is 0 Å². The van der Waals surface area contributed by atoms with Crippen LogP contribution in [0.15, 0.2) is 12.5 Å². The molecule has 5 atom stereocenters. The number of aromatic amines is 1. The summed E-state index contributed by atoms with van der Waals surface area (Å²) in [5, 5.41) is 34.6. The number of hydrogen-bond donors (Lipinski definition) is 8. The van der Waals surface area contributed by atoms with Crippen LogP contribution in [-0.2, 0) is 25.6 Å². The van der Waals surface area contributed by atoms with E-state index in [1.54, 1.807) is 0 Å². The number of nitrogens with two attached hydrogens (primary N) is 1. The van der Waals surface area contributed by atoms with E-state index in [9.17, 15) is 29.4 Å². The minimum absolute atomic E-state index is 0.123. The minimum Gasteiger partial charge on any atom is -0.480 e. The van der Waals surface area contributed by atoms with Crippen LogP contribution in [0.5, 0.6) is 0 Å². The first-order valence-corrected chi connectivity index (χ1v) is 8.72. The largest absolute Gasteiger partial charge is 0.480 e. The van der Waals surface area contributed by atoms with E-state index in [4.69, 9.17) is 10.8 Å². The van der Waals surface area contributed by atoms with Crippen LogP contribution in [0.3, 0.4) is 0 Å². The normalized spacial score (nSPS) is 16.0. The second-order valence-corrected chi connectivity index (χ2v) is 6.46. The molecule has 1 heterocycles. The first-order chi connectivity index (χ1) is 13.5. The van der Waals surface area contributed by atoms with Crippen molar-refractivity contribution in [1.82, 2.24) is 25.9 Å². The molecule has 0 saturated carbocycles. The molecule has 0 bridgehead atoms. The van der Waals surface area contributed by atoms with Gasteiger partial charge in [0.15, 0.2) is 6.04 Å². The molecule has 5 unspecified atom stereocenters. The first kappa shape index (κ1) is 24.0. The maximum Gasteiger partial charge on any atom is 0.328 e. The Morgan fingerprint density at radius 1 is 1.10 bits per heavy atom. The fourth-order valence-corrected chi connectivity index (χ4v) is 2.28. The molecule has 0 aliphatic rings. The maximum absolute atomic E-state index is 12.2. The van der Waals surface area contributed by atoms with E-state index in [2.05, 4.69) is 20.6 Å². The first-order valence-electron chi connectivity index (χ1n) is 8.72. The smallest absolute Gasteiger partial charge is 0.328 e. The van der Waals surface area contributed by atoms with Gasteiger partial charge in [0.05, 0.1) is 31.1 Å². The van der Waals surface area contributed by atoms with Gasteiger partial charge in [-0.3, -0.25) is 14.4 Å². The van der Waals surface area contributed by atoms with Crippen LogP contribution in [0.25, 0.3) is 0 Å². The van der Waals surface area contributed by atoms with E-state index in [1.807, 2.05) is 5.32 Å². The molecule has 0 fully saturated rings. The molecule has 0 aromatic carbocycles. The molecule has 3 amide bonds. The van der Waals surface area contributed by atoms with E-state index in [0.717, 1.165) is 0 Å². The van der Waals surface area contributed by atoms with Crippen LogP contribution in [0, 0.1) is 0 Å². The summed E-state index contributed by atoms with van der Waals surface area (Å²) in [6.45, 7) is 1.82. The molecule has 1 rings (SSSR count). The number of imidazole rings is 1. The molecule has 9 N–H and O–H groups in total. The second kappa shape index (κ2) is 11.1. The number of carbonyl (C=O) groups is 4. The number of nitrogens with zero attached hydrogens (tertiary/aromatic N) is 1. The zero-order valence-corrected chi connectivity index (χ0v) is 16.0. The topological polar surface area (TPSA) is 220 Å². The van der Waals surface area contributed by atoms with E-state index in [-0.39, 0.29) is 6.42 Å². The summed E-state index contributed by atoms with van der Waals surface area (Å²) in [6.07, 6.45) is 0.378. The molecule has 13 heteroatoms. The molecule has 1 aromatic rings. The summed E-state index contributed by atoms with van der Waals surface area (Å²) < 4.78 is 0. The van der Waals surface area contributed by atoms with Crippen LogP contribution in [-0.4, -0.2) is 85.9 Å². The Morgan fingerprint density at radius 3 is 2.21 bits per heavy atom. The van der Waals surface area contributed by atoms with Crippen LogP contribution < -0.4 is 21.7 Å². The predicted octanol–water partition coefficient (Wildman–Crippen LogP) is -3.79. The zero-order chi connectivity index (χ0) is 22.1. The molecule has 1 aromatic heterocycles. The van der Waals surface area contributed by atoms with Crippen LogP contribution in [0.4, 0.5) is 0 Å². The summed E-state index contributed by atoms with van der Waals surface area (Å²) in [5.41, 5.74) is 6.38. The lowest BCUT2D eigenvalue weighted by Crippen LogP contribution is -2.57. The number of H-pyrrole nitrogens is 1. The maximum atomic E-state index is 12.2. The minimum atomic E-state index is -1.55. The lowest BCUT2D eigenvalue weighted by atomic mass is 10.1. The molecular formula is C16H26N6O7. The number of amides is 3. The summed E-state index contributed by atoms with van der Waals surface area (Å²) in [7, 11) is 0. The molecule has 0 aliphatic carbocycles. The number of aliphatic hydroxyl groups excluding tert-OH is 2. The average molecular weight is 414 g/mol. The standard InChI is InChI=1S/C16H26N6O7/c1-7(23)12(22-14(26)10(17)3-9-4-18-6-20-9)15(27)19-5-11(25)21-13(8(2)24)16(28)29/h4,6-8,10,12-13,23-24H,3,5,17H2,1-2H3,(H,18,20)(H,19,27)(H,21,25)(H,22,26)(H,28,29). The zero-order valence-electron chi connectivity index (χ0n) is 16.0. The van der Waals surface area contributed by atoms with Gasteiger partial charge in [-0.1, -0.05) is 0 Å². The number of hydrogen-bond acceptors (Lipinski definition) is 8. The fraction of sp³-hybridized carbons (Fsp3) is 0.562. The summed E-state index contributed by atoms with van der Waals surface area (Å²) >= 11 is 0. The van der Waals surface area contributed by atoms with Gasteiger partial charge in [-0.05, 0) is 13.8 Å². The fourth-order valence-electron chi connectivity index (χ4n) is 2.28. The van der Waals surface area contributed by atoms with E-state index in [0.29, 0.717) is 5.69 Å². The van der Waals surface area contributed by atoms with Gasteiger partial charge in [-0.15, -0.1) is 0 Å². The van der Waals surface area contributed by atoms with Crippen molar-refractivity contribution in [3.8, 4) is 0 Å². The van der Waals surface area contributed by atoms with E-state index >= 15 is 0 Å². The highest BCUT2D eigenvalue weighted by atomic mass is 16.4. The number of aromatic nitrogens is 2. The van der Waals surface area contributed by atoms with Crippen LogP contribution in [0.1, 0.15) is 19.5 Å².